The van der Waals surface area contributed by atoms with Crippen LogP contribution >= 0.6 is 0 Å². The Morgan fingerprint density at radius 1 is 1.39 bits per heavy atom. The number of nitrogens with one attached hydrogen (secondary N) is 1. The molecule has 4 nitrogen and oxygen atoms in total. The maximum atomic E-state index is 4.36. The van der Waals surface area contributed by atoms with Crippen molar-refractivity contribution in [1.29, 1.82) is 0 Å². The molecule has 0 aliphatic carbocycles. The second-order valence-corrected chi connectivity index (χ2v) is 5.59. The lowest BCUT2D eigenvalue weighted by molar-refractivity contribution is 0.442. The van der Waals surface area contributed by atoms with Crippen LogP contribution in [0.25, 0.3) is 0 Å². The Bertz CT molecular complexity index is 355. The third-order valence-corrected chi connectivity index (χ3v) is 3.50. The summed E-state index contributed by atoms with van der Waals surface area (Å²) in [5.41, 5.74) is 1.09. The van der Waals surface area contributed by atoms with Crippen molar-refractivity contribution in [2.24, 2.45) is 5.92 Å². The molecule has 0 bridgehead atoms. The van der Waals surface area contributed by atoms with E-state index in [1.54, 1.807) is 0 Å². The average Bonchev–Trinajstić information content (AvgIpc) is 2.39. The van der Waals surface area contributed by atoms with Gasteiger partial charge in [0.1, 0.15) is 0 Å². The molecule has 0 spiro atoms. The first-order chi connectivity index (χ1) is 8.66. The summed E-state index contributed by atoms with van der Waals surface area (Å²) in [6, 6.07) is 4.75. The van der Waals surface area contributed by atoms with Gasteiger partial charge >= 0.3 is 0 Å². The number of hydrogen-bond acceptors (Lipinski definition) is 4. The van der Waals surface area contributed by atoms with Crippen molar-refractivity contribution in [3.8, 4) is 0 Å². The molecule has 2 rings (SSSR count). The van der Waals surface area contributed by atoms with Gasteiger partial charge in [-0.3, -0.25) is 0 Å². The van der Waals surface area contributed by atoms with Crippen LogP contribution in [0.5, 0.6) is 0 Å². The van der Waals surface area contributed by atoms with E-state index < -0.39 is 0 Å². The van der Waals surface area contributed by atoms with Gasteiger partial charge in [0.2, 0.25) is 0 Å². The van der Waals surface area contributed by atoms with Crippen LogP contribution in [-0.2, 0) is 6.42 Å². The van der Waals surface area contributed by atoms with E-state index in [-0.39, 0.29) is 0 Å². The lowest BCUT2D eigenvalue weighted by atomic mass is 10.1. The van der Waals surface area contributed by atoms with Gasteiger partial charge < -0.3 is 10.2 Å². The number of aromatic nitrogens is 2. The van der Waals surface area contributed by atoms with E-state index in [9.17, 15) is 0 Å². The zero-order valence-corrected chi connectivity index (χ0v) is 11.7. The summed E-state index contributed by atoms with van der Waals surface area (Å²) < 4.78 is 0. The molecule has 1 aromatic heterocycles. The van der Waals surface area contributed by atoms with Gasteiger partial charge in [0.15, 0.2) is 5.82 Å². The lowest BCUT2D eigenvalue weighted by Gasteiger charge is -2.32. The highest BCUT2D eigenvalue weighted by Crippen LogP contribution is 2.16. The molecule has 4 heteroatoms. The molecule has 1 aliphatic rings. The lowest BCUT2D eigenvalue weighted by Crippen LogP contribution is -2.44. The summed E-state index contributed by atoms with van der Waals surface area (Å²) in [5, 5.41) is 12.1. The molecule has 1 aliphatic heterocycles. The average molecular weight is 248 g/mol. The van der Waals surface area contributed by atoms with Crippen LogP contribution in [-0.4, -0.2) is 36.4 Å². The first kappa shape index (κ1) is 13.3. The molecule has 0 aromatic carbocycles. The topological polar surface area (TPSA) is 41.0 Å². The van der Waals surface area contributed by atoms with E-state index in [0.717, 1.165) is 31.0 Å². The fourth-order valence-electron chi connectivity index (χ4n) is 2.42. The fourth-order valence-corrected chi connectivity index (χ4v) is 2.42. The van der Waals surface area contributed by atoms with Crippen molar-refractivity contribution in [2.45, 2.75) is 39.2 Å². The zero-order chi connectivity index (χ0) is 13.0. The number of likely N-dealkylation sites (N-methyl/N-ethyl adjacent to an activating group) is 1. The predicted molar refractivity (Wildman–Crippen MR) is 74.9 cm³/mol. The minimum Gasteiger partial charge on any atom is -0.354 e. The summed E-state index contributed by atoms with van der Waals surface area (Å²) in [4.78, 5) is 2.25. The first-order valence-electron chi connectivity index (χ1n) is 6.93. The standard InChI is InChI=1S/C14H24N4/c1-11(2)9-12-6-7-14(17-16-12)18(3)13-5-4-8-15-10-13/h6-7,11,13,15H,4-5,8-10H2,1-3H3. The van der Waals surface area contributed by atoms with Gasteiger partial charge in [0, 0.05) is 19.6 Å². The highest BCUT2D eigenvalue weighted by molar-refractivity contribution is 5.37. The number of hydrogen-bond donors (Lipinski definition) is 1. The number of nitrogens with zero attached hydrogens (tertiary/aromatic N) is 3. The van der Waals surface area contributed by atoms with Gasteiger partial charge in [0.25, 0.3) is 0 Å². The molecule has 1 unspecified atom stereocenters. The maximum absolute atomic E-state index is 4.36. The smallest absolute Gasteiger partial charge is 0.151 e. The van der Waals surface area contributed by atoms with Crippen molar-refractivity contribution < 1.29 is 0 Å². The Hall–Kier alpha value is -1.16. The predicted octanol–water partition coefficient (Wildman–Crippen LogP) is 1.86. The van der Waals surface area contributed by atoms with E-state index in [1.807, 2.05) is 0 Å². The van der Waals surface area contributed by atoms with E-state index in [1.165, 1.54) is 12.8 Å². The van der Waals surface area contributed by atoms with Crippen LogP contribution in [0.1, 0.15) is 32.4 Å². The molecule has 1 aromatic rings. The molecule has 1 fully saturated rings. The molecule has 0 saturated carbocycles. The fraction of sp³-hybridized carbons (Fsp3) is 0.714. The molecule has 0 amide bonds. The van der Waals surface area contributed by atoms with Crippen molar-refractivity contribution >= 4 is 5.82 Å². The molecule has 100 valence electrons. The van der Waals surface area contributed by atoms with Crippen molar-refractivity contribution in [2.75, 3.05) is 25.0 Å². The summed E-state index contributed by atoms with van der Waals surface area (Å²) in [6.07, 6.45) is 3.48. The minimum absolute atomic E-state index is 0.545. The molecule has 0 radical (unpaired) electrons. The Balaban J connectivity index is 1.99. The Kier molecular flexibility index (Phi) is 4.53. The van der Waals surface area contributed by atoms with E-state index >= 15 is 0 Å². The first-order valence-corrected chi connectivity index (χ1v) is 6.93. The third-order valence-electron chi connectivity index (χ3n) is 3.50. The van der Waals surface area contributed by atoms with E-state index in [0.29, 0.717) is 12.0 Å². The second-order valence-electron chi connectivity index (χ2n) is 5.59. The van der Waals surface area contributed by atoms with E-state index in [4.69, 9.17) is 0 Å². The van der Waals surface area contributed by atoms with Gasteiger partial charge in [-0.1, -0.05) is 13.8 Å². The molecular weight excluding hydrogens is 224 g/mol. The van der Waals surface area contributed by atoms with Crippen LogP contribution in [0.3, 0.4) is 0 Å². The molecule has 1 N–H and O–H groups in total. The third kappa shape index (κ3) is 3.42. The van der Waals surface area contributed by atoms with Crippen LogP contribution in [0, 0.1) is 5.92 Å². The van der Waals surface area contributed by atoms with E-state index in [2.05, 4.69) is 53.4 Å². The number of piperidine rings is 1. The largest absolute Gasteiger partial charge is 0.354 e. The van der Waals surface area contributed by atoms with Crippen LogP contribution in [0.4, 0.5) is 5.82 Å². The molecular formula is C14H24N4. The summed E-state index contributed by atoms with van der Waals surface area (Å²) in [7, 11) is 2.11. The highest BCUT2D eigenvalue weighted by Gasteiger charge is 2.19. The van der Waals surface area contributed by atoms with Crippen molar-refractivity contribution in [3.63, 3.8) is 0 Å². The quantitative estimate of drug-likeness (QED) is 0.883. The van der Waals surface area contributed by atoms with Gasteiger partial charge in [0.05, 0.1) is 5.69 Å². The van der Waals surface area contributed by atoms with Crippen LogP contribution < -0.4 is 10.2 Å². The monoisotopic (exact) mass is 248 g/mol. The van der Waals surface area contributed by atoms with Crippen LogP contribution in [0.2, 0.25) is 0 Å². The molecule has 1 saturated heterocycles. The van der Waals surface area contributed by atoms with Crippen molar-refractivity contribution in [1.82, 2.24) is 15.5 Å². The SMILES string of the molecule is CC(C)Cc1ccc(N(C)C2CCCNC2)nn1. The van der Waals surface area contributed by atoms with Gasteiger partial charge in [-0.2, -0.15) is 5.10 Å². The van der Waals surface area contributed by atoms with Crippen molar-refractivity contribution in [3.05, 3.63) is 17.8 Å². The molecule has 1 atom stereocenters. The van der Waals surface area contributed by atoms with Gasteiger partial charge in [-0.15, -0.1) is 5.10 Å². The highest BCUT2D eigenvalue weighted by atomic mass is 15.3. The number of rotatable bonds is 4. The number of anilines is 1. The maximum Gasteiger partial charge on any atom is 0.151 e. The van der Waals surface area contributed by atoms with Crippen LogP contribution in [0.15, 0.2) is 12.1 Å². The summed E-state index contributed by atoms with van der Waals surface area (Å²) >= 11 is 0. The Morgan fingerprint density at radius 3 is 2.78 bits per heavy atom. The normalized spacial score (nSPS) is 20.1. The zero-order valence-electron chi connectivity index (χ0n) is 11.7. The summed E-state index contributed by atoms with van der Waals surface area (Å²) in [6.45, 7) is 6.60. The summed E-state index contributed by atoms with van der Waals surface area (Å²) in [5.74, 6) is 1.61. The molecule has 2 heterocycles. The van der Waals surface area contributed by atoms with Gasteiger partial charge in [-0.25, -0.2) is 0 Å². The second kappa shape index (κ2) is 6.14. The van der Waals surface area contributed by atoms with Gasteiger partial charge in [-0.05, 0) is 43.9 Å². The Morgan fingerprint density at radius 2 is 2.22 bits per heavy atom. The molecule has 18 heavy (non-hydrogen) atoms. The Labute approximate surface area is 110 Å². The minimum atomic E-state index is 0.545.